The molecule has 0 amide bonds. The summed E-state index contributed by atoms with van der Waals surface area (Å²) < 4.78 is 10.8. The predicted molar refractivity (Wildman–Crippen MR) is 206 cm³/mol. The van der Waals surface area contributed by atoms with E-state index in [0.29, 0.717) is 36.7 Å². The summed E-state index contributed by atoms with van der Waals surface area (Å²) in [6.45, 7) is 12.3. The van der Waals surface area contributed by atoms with Gasteiger partial charge in [0.25, 0.3) is 0 Å². The molecule has 1 aliphatic carbocycles. The highest BCUT2D eigenvalue weighted by Crippen LogP contribution is 2.56. The van der Waals surface area contributed by atoms with Crippen LogP contribution in [0.1, 0.15) is 79.8 Å². The molecule has 4 aromatic rings. The second-order valence-corrected chi connectivity index (χ2v) is 14.1. The number of ether oxygens (including phenoxy) is 2. The van der Waals surface area contributed by atoms with Crippen LogP contribution in [0.3, 0.4) is 0 Å². The van der Waals surface area contributed by atoms with Gasteiger partial charge in [-0.15, -0.1) is 0 Å². The Hall–Kier alpha value is -3.47. The maximum atomic E-state index is 10.2. The van der Waals surface area contributed by atoms with Gasteiger partial charge in [0.05, 0.1) is 38.4 Å². The van der Waals surface area contributed by atoms with Crippen LogP contribution in [-0.2, 0) is 10.2 Å². The summed E-state index contributed by atoms with van der Waals surface area (Å²) in [5, 5.41) is 57.0. The van der Waals surface area contributed by atoms with Crippen molar-refractivity contribution in [1.82, 2.24) is 0 Å². The number of aryl methyl sites for hydroxylation is 2. The van der Waals surface area contributed by atoms with Gasteiger partial charge in [0, 0.05) is 0 Å². The summed E-state index contributed by atoms with van der Waals surface area (Å²) in [4.78, 5) is 0. The van der Waals surface area contributed by atoms with Gasteiger partial charge >= 0.3 is 14.2 Å². The molecule has 0 saturated heterocycles. The Balaban J connectivity index is 0.000000755. The van der Waals surface area contributed by atoms with Gasteiger partial charge in [-0.05, 0) is 94.1 Å². The molecule has 0 fully saturated rings. The van der Waals surface area contributed by atoms with Crippen molar-refractivity contribution in [3.05, 3.63) is 112 Å². The van der Waals surface area contributed by atoms with Crippen molar-refractivity contribution in [2.75, 3.05) is 33.0 Å². The first-order valence-electron chi connectivity index (χ1n) is 18.1. The molecule has 0 aliphatic heterocycles. The van der Waals surface area contributed by atoms with Gasteiger partial charge in [0.1, 0.15) is 5.75 Å². The Morgan fingerprint density at radius 1 is 0.627 bits per heavy atom. The molecule has 6 N–H and O–H groups in total. The average molecular weight is 696 g/mol. The minimum atomic E-state index is -1.63. The van der Waals surface area contributed by atoms with Crippen molar-refractivity contribution >= 4 is 25.2 Å². The zero-order valence-corrected chi connectivity index (χ0v) is 30.7. The maximum absolute atomic E-state index is 10.2. The molecule has 4 aromatic carbocycles. The maximum Gasteiger partial charge on any atom is 0.488 e. The Bertz CT molecular complexity index is 1630. The molecule has 1 aliphatic rings. The first-order chi connectivity index (χ1) is 24.4. The molecule has 10 heteroatoms. The fourth-order valence-corrected chi connectivity index (χ4v) is 7.01. The number of fused-ring (bicyclic) bond motifs is 3. The zero-order chi connectivity index (χ0) is 37.1. The summed E-state index contributed by atoms with van der Waals surface area (Å²) in [6, 6.07) is 25.7. The molecule has 1 atom stereocenters. The molecule has 0 bridgehead atoms. The molecule has 272 valence electrons. The Kier molecular flexibility index (Phi) is 14.9. The molecule has 0 saturated carbocycles. The van der Waals surface area contributed by atoms with Crippen molar-refractivity contribution in [3.8, 4) is 16.9 Å². The SMILES string of the molecule is Cc1ccc(C)c(C2(c3ccc(OCCC(C)CCCC(C)C)cc3)c3cc(B(O)O)ccc3-c3ccc(B(O)O)cc32)c1.OCCOCCO. The molecular formula is C41H54B2O8. The van der Waals surface area contributed by atoms with Crippen molar-refractivity contribution in [2.24, 2.45) is 11.8 Å². The molecule has 51 heavy (non-hydrogen) atoms. The fraction of sp³-hybridized carbons (Fsp3) is 0.415. The molecule has 0 aromatic heterocycles. The van der Waals surface area contributed by atoms with E-state index in [-0.39, 0.29) is 13.2 Å². The summed E-state index contributed by atoms with van der Waals surface area (Å²) in [5.74, 6) is 2.15. The lowest BCUT2D eigenvalue weighted by Gasteiger charge is -2.36. The number of aliphatic hydroxyl groups is 2. The van der Waals surface area contributed by atoms with Crippen LogP contribution in [0.5, 0.6) is 5.75 Å². The minimum Gasteiger partial charge on any atom is -0.494 e. The molecule has 0 radical (unpaired) electrons. The van der Waals surface area contributed by atoms with E-state index in [4.69, 9.17) is 14.9 Å². The highest BCUT2D eigenvalue weighted by atomic mass is 16.5. The normalized spacial score (nSPS) is 13.3. The second kappa shape index (κ2) is 18.9. The number of hydrogen-bond acceptors (Lipinski definition) is 8. The van der Waals surface area contributed by atoms with Crippen LogP contribution in [0.15, 0.2) is 78.9 Å². The highest BCUT2D eigenvalue weighted by molar-refractivity contribution is 6.59. The van der Waals surface area contributed by atoms with Crippen molar-refractivity contribution in [1.29, 1.82) is 0 Å². The quantitative estimate of drug-likeness (QED) is 0.0666. The van der Waals surface area contributed by atoms with E-state index in [1.54, 1.807) is 12.1 Å². The van der Waals surface area contributed by atoms with Crippen molar-refractivity contribution in [3.63, 3.8) is 0 Å². The number of aliphatic hydroxyl groups excluding tert-OH is 2. The van der Waals surface area contributed by atoms with Gasteiger partial charge < -0.3 is 39.8 Å². The van der Waals surface area contributed by atoms with E-state index >= 15 is 0 Å². The third kappa shape index (κ3) is 9.70. The smallest absolute Gasteiger partial charge is 0.488 e. The molecule has 0 heterocycles. The van der Waals surface area contributed by atoms with Gasteiger partial charge in [-0.1, -0.05) is 112 Å². The monoisotopic (exact) mass is 696 g/mol. The molecule has 8 nitrogen and oxygen atoms in total. The number of hydrogen-bond donors (Lipinski definition) is 6. The second-order valence-electron chi connectivity index (χ2n) is 14.1. The lowest BCUT2D eigenvalue weighted by Crippen LogP contribution is -2.36. The molecule has 1 unspecified atom stereocenters. The van der Waals surface area contributed by atoms with E-state index in [1.165, 1.54) is 19.3 Å². The number of rotatable bonds is 16. The van der Waals surface area contributed by atoms with E-state index in [0.717, 1.165) is 62.6 Å². The van der Waals surface area contributed by atoms with Crippen LogP contribution in [0, 0.1) is 25.7 Å². The van der Waals surface area contributed by atoms with Crippen molar-refractivity contribution < 1.29 is 39.8 Å². The van der Waals surface area contributed by atoms with E-state index in [1.807, 2.05) is 36.4 Å². The third-order valence-corrected chi connectivity index (χ3v) is 9.70. The van der Waals surface area contributed by atoms with Crippen LogP contribution in [0.4, 0.5) is 0 Å². The van der Waals surface area contributed by atoms with Gasteiger partial charge in [-0.2, -0.15) is 0 Å². The first-order valence-corrected chi connectivity index (χ1v) is 18.1. The van der Waals surface area contributed by atoms with Gasteiger partial charge in [-0.25, -0.2) is 0 Å². The third-order valence-electron chi connectivity index (χ3n) is 9.70. The highest BCUT2D eigenvalue weighted by Gasteiger charge is 2.47. The van der Waals surface area contributed by atoms with Gasteiger partial charge in [-0.3, -0.25) is 0 Å². The zero-order valence-electron chi connectivity index (χ0n) is 30.7. The summed E-state index contributed by atoms with van der Waals surface area (Å²) in [7, 11) is -3.25. The predicted octanol–water partition coefficient (Wildman–Crippen LogP) is 4.25. The summed E-state index contributed by atoms with van der Waals surface area (Å²) in [5.41, 5.74) is 7.93. The first kappa shape index (κ1) is 40.3. The Morgan fingerprint density at radius 2 is 1.20 bits per heavy atom. The topological polar surface area (TPSA) is 140 Å². The lowest BCUT2D eigenvalue weighted by molar-refractivity contribution is 0.0650. The van der Waals surface area contributed by atoms with Gasteiger partial charge in [0.15, 0.2) is 0 Å². The van der Waals surface area contributed by atoms with E-state index < -0.39 is 19.7 Å². The molecule has 0 spiro atoms. The minimum absolute atomic E-state index is 0.0278. The van der Waals surface area contributed by atoms with E-state index in [2.05, 4.69) is 69.7 Å². The Labute approximate surface area is 304 Å². The van der Waals surface area contributed by atoms with Crippen LogP contribution in [0.2, 0.25) is 0 Å². The molecular weight excluding hydrogens is 642 g/mol. The van der Waals surface area contributed by atoms with Crippen LogP contribution in [-0.4, -0.2) is 77.6 Å². The van der Waals surface area contributed by atoms with E-state index in [9.17, 15) is 20.1 Å². The fourth-order valence-electron chi connectivity index (χ4n) is 7.01. The average Bonchev–Trinajstić information content (AvgIpc) is 3.39. The number of benzene rings is 4. The van der Waals surface area contributed by atoms with Gasteiger partial charge in [0.2, 0.25) is 0 Å². The largest absolute Gasteiger partial charge is 0.494 e. The van der Waals surface area contributed by atoms with Crippen molar-refractivity contribution in [2.45, 2.75) is 65.7 Å². The van der Waals surface area contributed by atoms with Crippen LogP contribution >= 0.6 is 0 Å². The Morgan fingerprint density at radius 3 is 1.71 bits per heavy atom. The molecule has 5 rings (SSSR count). The summed E-state index contributed by atoms with van der Waals surface area (Å²) in [6.07, 6.45) is 4.73. The standard InChI is InChI=1S/C37H44B2O5.C4H10O3/c1-24(2)7-6-8-25(3)19-20-44-31-15-11-28(12-16-31)37(34-21-26(4)9-10-27(34)5)35-22-29(38(40)41)13-17-32(35)33-18-14-30(39(42)43)23-36(33)37;5-1-3-7-4-2-6/h9-18,21-25,40-43H,6-8,19-20H2,1-5H3;5-6H,1-4H2. The summed E-state index contributed by atoms with van der Waals surface area (Å²) >= 11 is 0. The van der Waals surface area contributed by atoms with Crippen LogP contribution in [0.25, 0.3) is 11.1 Å². The lowest BCUT2D eigenvalue weighted by atomic mass is 9.64. The van der Waals surface area contributed by atoms with Crippen LogP contribution < -0.4 is 15.7 Å².